The molecule has 3 aromatic rings. The lowest BCUT2D eigenvalue weighted by atomic mass is 10.2. The molecule has 0 atom stereocenters. The van der Waals surface area contributed by atoms with Crippen LogP contribution in [-0.2, 0) is 0 Å². The molecule has 1 amide bonds. The number of furan rings is 1. The maximum absolute atomic E-state index is 12.1. The first-order chi connectivity index (χ1) is 13.1. The molecule has 1 N–H and O–H groups in total. The van der Waals surface area contributed by atoms with Gasteiger partial charge in [-0.1, -0.05) is 6.07 Å². The van der Waals surface area contributed by atoms with Gasteiger partial charge in [-0.2, -0.15) is 5.10 Å². The van der Waals surface area contributed by atoms with Crippen molar-refractivity contribution < 1.29 is 23.5 Å². The predicted octanol–water partition coefficient (Wildman–Crippen LogP) is 3.64. The van der Waals surface area contributed by atoms with Crippen molar-refractivity contribution in [3.8, 4) is 11.5 Å². The molecule has 138 valence electrons. The van der Waals surface area contributed by atoms with Crippen LogP contribution < -0.4 is 14.9 Å². The molecule has 2 heterocycles. The summed E-state index contributed by atoms with van der Waals surface area (Å²) in [5, 5.41) is 5.72. The van der Waals surface area contributed by atoms with Gasteiger partial charge in [0.25, 0.3) is 5.91 Å². The third-order valence-electron chi connectivity index (χ3n) is 3.60. The number of methoxy groups -OCH3 is 1. The van der Waals surface area contributed by atoms with Gasteiger partial charge >= 0.3 is 5.97 Å². The summed E-state index contributed by atoms with van der Waals surface area (Å²) in [6, 6.07) is 9.98. The molecule has 8 heteroatoms. The topological polar surface area (TPSA) is 90.1 Å². The first kappa shape index (κ1) is 18.4. The largest absolute Gasteiger partial charge is 0.493 e. The molecule has 0 unspecified atom stereocenters. The van der Waals surface area contributed by atoms with E-state index in [1.54, 1.807) is 48.7 Å². The number of benzene rings is 1. The van der Waals surface area contributed by atoms with Crippen LogP contribution in [0.15, 0.2) is 57.6 Å². The van der Waals surface area contributed by atoms with Gasteiger partial charge in [-0.15, -0.1) is 11.3 Å². The smallest absolute Gasteiger partial charge is 0.353 e. The van der Waals surface area contributed by atoms with Gasteiger partial charge in [0.05, 0.1) is 25.2 Å². The SMILES string of the molecule is COc1cc(/C=N/NC(=O)c2ccoc2C)ccc1OC(=O)c1cccs1. The lowest BCUT2D eigenvalue weighted by Gasteiger charge is -2.09. The van der Waals surface area contributed by atoms with E-state index >= 15 is 0 Å². The number of rotatable bonds is 6. The second kappa shape index (κ2) is 8.33. The summed E-state index contributed by atoms with van der Waals surface area (Å²) in [6.07, 6.45) is 2.90. The fourth-order valence-corrected chi connectivity index (χ4v) is 2.84. The van der Waals surface area contributed by atoms with Crippen LogP contribution in [-0.4, -0.2) is 25.2 Å². The summed E-state index contributed by atoms with van der Waals surface area (Å²) in [6.45, 7) is 1.69. The minimum Gasteiger partial charge on any atom is -0.493 e. The maximum atomic E-state index is 12.1. The molecule has 0 radical (unpaired) electrons. The summed E-state index contributed by atoms with van der Waals surface area (Å²) in [5.41, 5.74) is 3.50. The van der Waals surface area contributed by atoms with Gasteiger partial charge in [-0.05, 0) is 48.2 Å². The zero-order chi connectivity index (χ0) is 19.2. The molecule has 0 saturated heterocycles. The van der Waals surface area contributed by atoms with E-state index in [0.717, 1.165) is 0 Å². The fraction of sp³-hybridized carbons (Fsp3) is 0.105. The zero-order valence-corrected chi connectivity index (χ0v) is 15.4. The van der Waals surface area contributed by atoms with Gasteiger partial charge in [-0.25, -0.2) is 10.2 Å². The van der Waals surface area contributed by atoms with Crippen molar-refractivity contribution in [3.63, 3.8) is 0 Å². The number of hydrogen-bond acceptors (Lipinski definition) is 7. The van der Waals surface area contributed by atoms with Crippen molar-refractivity contribution in [2.45, 2.75) is 6.92 Å². The third-order valence-corrected chi connectivity index (χ3v) is 4.45. The number of hydrogen-bond donors (Lipinski definition) is 1. The van der Waals surface area contributed by atoms with Crippen molar-refractivity contribution in [1.29, 1.82) is 0 Å². The van der Waals surface area contributed by atoms with Crippen molar-refractivity contribution in [3.05, 3.63) is 69.8 Å². The Morgan fingerprint density at radius 1 is 1.22 bits per heavy atom. The molecule has 0 saturated carbocycles. The number of carbonyl (C=O) groups excluding carboxylic acids is 2. The van der Waals surface area contributed by atoms with Crippen LogP contribution in [0.4, 0.5) is 0 Å². The van der Waals surface area contributed by atoms with E-state index in [4.69, 9.17) is 13.9 Å². The van der Waals surface area contributed by atoms with E-state index in [9.17, 15) is 9.59 Å². The number of aryl methyl sites for hydroxylation is 1. The lowest BCUT2D eigenvalue weighted by Crippen LogP contribution is -2.17. The van der Waals surface area contributed by atoms with Crippen LogP contribution in [0.1, 0.15) is 31.4 Å². The van der Waals surface area contributed by atoms with Gasteiger partial charge in [0.1, 0.15) is 10.6 Å². The molecule has 3 rings (SSSR count). The standard InChI is InChI=1S/C19H16N2O5S/c1-12-14(7-8-25-12)18(22)21-20-11-13-5-6-15(16(10-13)24-2)26-19(23)17-4-3-9-27-17/h3-11H,1-2H3,(H,21,22)/b20-11+. The first-order valence-electron chi connectivity index (χ1n) is 7.89. The van der Waals surface area contributed by atoms with Gasteiger partial charge in [-0.3, -0.25) is 4.79 Å². The van der Waals surface area contributed by atoms with E-state index in [1.165, 1.54) is 30.9 Å². The van der Waals surface area contributed by atoms with Gasteiger partial charge in [0, 0.05) is 0 Å². The first-order valence-corrected chi connectivity index (χ1v) is 8.77. The molecule has 0 aliphatic heterocycles. The molecule has 7 nitrogen and oxygen atoms in total. The highest BCUT2D eigenvalue weighted by Gasteiger charge is 2.14. The zero-order valence-electron chi connectivity index (χ0n) is 14.6. The summed E-state index contributed by atoms with van der Waals surface area (Å²) < 4.78 is 15.7. The molecule has 0 fully saturated rings. The second-order valence-corrected chi connectivity index (χ2v) is 6.31. The average Bonchev–Trinajstić information content (AvgIpc) is 3.34. The van der Waals surface area contributed by atoms with Crippen LogP contribution >= 0.6 is 11.3 Å². The van der Waals surface area contributed by atoms with Crippen LogP contribution in [0, 0.1) is 6.92 Å². The Morgan fingerprint density at radius 2 is 2.07 bits per heavy atom. The maximum Gasteiger partial charge on any atom is 0.353 e. The van der Waals surface area contributed by atoms with Crippen LogP contribution in [0.25, 0.3) is 0 Å². The molecule has 0 bridgehead atoms. The normalized spacial score (nSPS) is 10.7. The molecule has 0 aliphatic rings. The minimum absolute atomic E-state index is 0.297. The molecule has 1 aromatic carbocycles. The molecule has 2 aromatic heterocycles. The highest BCUT2D eigenvalue weighted by Crippen LogP contribution is 2.28. The lowest BCUT2D eigenvalue weighted by molar-refractivity contribution is 0.0734. The van der Waals surface area contributed by atoms with Crippen molar-refractivity contribution in [2.24, 2.45) is 5.10 Å². The number of ether oxygens (including phenoxy) is 2. The Balaban J connectivity index is 1.67. The number of thiophene rings is 1. The number of hydrazone groups is 1. The van der Waals surface area contributed by atoms with E-state index < -0.39 is 5.97 Å². The van der Waals surface area contributed by atoms with Crippen LogP contribution in [0.3, 0.4) is 0 Å². The summed E-state index contributed by atoms with van der Waals surface area (Å²) in [7, 11) is 1.47. The van der Waals surface area contributed by atoms with Gasteiger partial charge < -0.3 is 13.9 Å². The molecular formula is C19H16N2O5S. The van der Waals surface area contributed by atoms with Crippen LogP contribution in [0.2, 0.25) is 0 Å². The predicted molar refractivity (Wildman–Crippen MR) is 101 cm³/mol. The number of carbonyl (C=O) groups is 2. The Morgan fingerprint density at radius 3 is 2.74 bits per heavy atom. The van der Waals surface area contributed by atoms with Gasteiger partial charge in [0.2, 0.25) is 0 Å². The Hall–Kier alpha value is -3.39. The number of esters is 1. The number of nitrogens with one attached hydrogen (secondary N) is 1. The minimum atomic E-state index is -0.451. The van der Waals surface area contributed by atoms with Crippen LogP contribution in [0.5, 0.6) is 11.5 Å². The average molecular weight is 384 g/mol. The quantitative estimate of drug-likeness (QED) is 0.303. The van der Waals surface area contributed by atoms with E-state index in [0.29, 0.717) is 33.3 Å². The highest BCUT2D eigenvalue weighted by molar-refractivity contribution is 7.12. The Kier molecular flexibility index (Phi) is 5.68. The fourth-order valence-electron chi connectivity index (χ4n) is 2.24. The third kappa shape index (κ3) is 4.42. The van der Waals surface area contributed by atoms with E-state index in [1.807, 2.05) is 0 Å². The van der Waals surface area contributed by atoms with E-state index in [-0.39, 0.29) is 5.91 Å². The molecule has 0 aliphatic carbocycles. The Labute approximate surface area is 159 Å². The van der Waals surface area contributed by atoms with E-state index in [2.05, 4.69) is 10.5 Å². The van der Waals surface area contributed by atoms with Gasteiger partial charge in [0.15, 0.2) is 11.5 Å². The monoisotopic (exact) mass is 384 g/mol. The van der Waals surface area contributed by atoms with Crippen molar-refractivity contribution in [1.82, 2.24) is 5.43 Å². The Bertz CT molecular complexity index is 976. The van der Waals surface area contributed by atoms with Crippen molar-refractivity contribution >= 4 is 29.4 Å². The van der Waals surface area contributed by atoms with Crippen molar-refractivity contribution in [2.75, 3.05) is 7.11 Å². The second-order valence-electron chi connectivity index (χ2n) is 5.37. The number of nitrogens with zero attached hydrogens (tertiary/aromatic N) is 1. The number of amides is 1. The highest BCUT2D eigenvalue weighted by atomic mass is 32.1. The summed E-state index contributed by atoms with van der Waals surface area (Å²) >= 11 is 1.30. The molecular weight excluding hydrogens is 368 g/mol. The molecule has 27 heavy (non-hydrogen) atoms. The molecule has 0 spiro atoms. The summed E-state index contributed by atoms with van der Waals surface area (Å²) in [4.78, 5) is 24.5. The summed E-state index contributed by atoms with van der Waals surface area (Å²) in [5.74, 6) is 0.367.